The third-order valence-corrected chi connectivity index (χ3v) is 4.39. The summed E-state index contributed by atoms with van der Waals surface area (Å²) in [6.45, 7) is 3.43. The van der Waals surface area contributed by atoms with E-state index in [1.165, 1.54) is 31.5 Å². The van der Waals surface area contributed by atoms with E-state index in [1.807, 2.05) is 0 Å². The van der Waals surface area contributed by atoms with Gasteiger partial charge in [0.05, 0.1) is 0 Å². The summed E-state index contributed by atoms with van der Waals surface area (Å²) in [4.78, 5) is 4.89. The van der Waals surface area contributed by atoms with Crippen LogP contribution in [0.1, 0.15) is 24.8 Å². The second kappa shape index (κ2) is 7.77. The van der Waals surface area contributed by atoms with E-state index in [4.69, 9.17) is 5.73 Å². The Hall–Kier alpha value is -0.900. The quantitative estimate of drug-likeness (QED) is 0.861. The Bertz CT molecular complexity index is 379. The molecule has 20 heavy (non-hydrogen) atoms. The number of piperidine rings is 1. The lowest BCUT2D eigenvalue weighted by Gasteiger charge is -2.37. The van der Waals surface area contributed by atoms with Crippen LogP contribution in [0.3, 0.4) is 0 Å². The molecule has 2 N–H and O–H groups in total. The Morgan fingerprint density at radius 1 is 1.35 bits per heavy atom. The molecule has 1 saturated heterocycles. The van der Waals surface area contributed by atoms with Crippen LogP contribution in [-0.2, 0) is 6.42 Å². The third kappa shape index (κ3) is 4.89. The van der Waals surface area contributed by atoms with Crippen molar-refractivity contribution in [3.63, 3.8) is 0 Å². The molecule has 3 heteroatoms. The van der Waals surface area contributed by atoms with Crippen molar-refractivity contribution in [2.45, 2.75) is 37.8 Å². The summed E-state index contributed by atoms with van der Waals surface area (Å²) in [5.74, 6) is 0. The fourth-order valence-corrected chi connectivity index (χ4v) is 3.11. The lowest BCUT2D eigenvalue weighted by atomic mass is 10.0. The Morgan fingerprint density at radius 2 is 2.10 bits per heavy atom. The second-order valence-electron chi connectivity index (χ2n) is 6.28. The molecule has 2 unspecified atom stereocenters. The summed E-state index contributed by atoms with van der Waals surface area (Å²) < 4.78 is 0. The van der Waals surface area contributed by atoms with Gasteiger partial charge in [-0.05, 0) is 51.9 Å². The van der Waals surface area contributed by atoms with E-state index in [1.54, 1.807) is 0 Å². The lowest BCUT2D eigenvalue weighted by molar-refractivity contribution is 0.128. The Kier molecular flexibility index (Phi) is 6.02. The minimum absolute atomic E-state index is 0.271. The van der Waals surface area contributed by atoms with Crippen LogP contribution in [-0.4, -0.2) is 55.6 Å². The summed E-state index contributed by atoms with van der Waals surface area (Å²) in [5, 5.41) is 0. The molecule has 0 bridgehead atoms. The van der Waals surface area contributed by atoms with Crippen molar-refractivity contribution in [3.05, 3.63) is 35.9 Å². The van der Waals surface area contributed by atoms with Crippen LogP contribution in [0.15, 0.2) is 30.3 Å². The topological polar surface area (TPSA) is 32.5 Å². The maximum Gasteiger partial charge on any atom is 0.0221 e. The van der Waals surface area contributed by atoms with Crippen LogP contribution in [0, 0.1) is 0 Å². The molecule has 1 fully saturated rings. The number of aryl methyl sites for hydroxylation is 1. The van der Waals surface area contributed by atoms with Gasteiger partial charge in [0, 0.05) is 25.2 Å². The molecular weight excluding hydrogens is 246 g/mol. The molecule has 1 heterocycles. The molecule has 0 amide bonds. The summed E-state index contributed by atoms with van der Waals surface area (Å²) in [6.07, 6.45) is 4.77. The van der Waals surface area contributed by atoms with Crippen molar-refractivity contribution in [2.24, 2.45) is 5.73 Å². The van der Waals surface area contributed by atoms with Gasteiger partial charge in [-0.1, -0.05) is 30.3 Å². The average molecular weight is 275 g/mol. The molecular formula is C17H29N3. The summed E-state index contributed by atoms with van der Waals surface area (Å²) in [7, 11) is 4.45. The number of hydrogen-bond acceptors (Lipinski definition) is 3. The number of rotatable bonds is 6. The number of likely N-dealkylation sites (N-methyl/N-ethyl adjacent to an activating group) is 2. The predicted molar refractivity (Wildman–Crippen MR) is 85.9 cm³/mol. The standard InChI is InChI=1S/C17H29N3/c1-19-12-6-9-17(14-19)20(2)13-16(18)11-10-15-7-4-3-5-8-15/h3-5,7-8,16-17H,6,9-14,18H2,1-2H3. The van der Waals surface area contributed by atoms with Crippen LogP contribution < -0.4 is 5.73 Å². The molecule has 112 valence electrons. The van der Waals surface area contributed by atoms with Gasteiger partial charge in [0.15, 0.2) is 0 Å². The minimum Gasteiger partial charge on any atom is -0.327 e. The first-order valence-corrected chi connectivity index (χ1v) is 7.83. The minimum atomic E-state index is 0.271. The molecule has 1 aromatic rings. The van der Waals surface area contributed by atoms with Crippen LogP contribution in [0.5, 0.6) is 0 Å². The Morgan fingerprint density at radius 3 is 2.80 bits per heavy atom. The van der Waals surface area contributed by atoms with Crippen molar-refractivity contribution in [3.8, 4) is 0 Å². The molecule has 2 rings (SSSR count). The molecule has 0 aromatic heterocycles. The van der Waals surface area contributed by atoms with Gasteiger partial charge >= 0.3 is 0 Å². The van der Waals surface area contributed by atoms with Crippen molar-refractivity contribution < 1.29 is 0 Å². The second-order valence-corrected chi connectivity index (χ2v) is 6.28. The summed E-state index contributed by atoms with van der Waals surface area (Å²) in [6, 6.07) is 11.6. The number of hydrogen-bond donors (Lipinski definition) is 1. The van der Waals surface area contributed by atoms with E-state index in [0.29, 0.717) is 6.04 Å². The van der Waals surface area contributed by atoms with Crippen LogP contribution in [0.4, 0.5) is 0 Å². The zero-order chi connectivity index (χ0) is 14.4. The number of likely N-dealkylation sites (tertiary alicyclic amines) is 1. The van der Waals surface area contributed by atoms with E-state index in [9.17, 15) is 0 Å². The van der Waals surface area contributed by atoms with E-state index in [2.05, 4.69) is 54.2 Å². The molecule has 1 aromatic carbocycles. The van der Waals surface area contributed by atoms with Gasteiger partial charge in [-0.3, -0.25) is 0 Å². The summed E-state index contributed by atoms with van der Waals surface area (Å²) in [5.41, 5.74) is 7.70. The number of benzene rings is 1. The number of nitrogens with zero attached hydrogens (tertiary/aromatic N) is 2. The van der Waals surface area contributed by atoms with Gasteiger partial charge in [-0.25, -0.2) is 0 Å². The zero-order valence-corrected chi connectivity index (χ0v) is 13.0. The van der Waals surface area contributed by atoms with Gasteiger partial charge in [-0.2, -0.15) is 0 Å². The van der Waals surface area contributed by atoms with Gasteiger partial charge in [-0.15, -0.1) is 0 Å². The van der Waals surface area contributed by atoms with Crippen molar-refractivity contribution in [1.82, 2.24) is 9.80 Å². The Balaban J connectivity index is 1.72. The first-order valence-electron chi connectivity index (χ1n) is 7.83. The Labute approximate surface area is 123 Å². The SMILES string of the molecule is CN1CCCC(N(C)CC(N)CCc2ccccc2)C1. The first kappa shape index (κ1) is 15.5. The van der Waals surface area contributed by atoms with Crippen molar-refractivity contribution in [1.29, 1.82) is 0 Å². The van der Waals surface area contributed by atoms with Gasteiger partial charge < -0.3 is 15.5 Å². The molecule has 3 nitrogen and oxygen atoms in total. The van der Waals surface area contributed by atoms with E-state index >= 15 is 0 Å². The normalized spacial score (nSPS) is 22.1. The van der Waals surface area contributed by atoms with E-state index < -0.39 is 0 Å². The van der Waals surface area contributed by atoms with Crippen LogP contribution in [0.2, 0.25) is 0 Å². The highest BCUT2D eigenvalue weighted by atomic mass is 15.2. The molecule has 1 aliphatic rings. The highest BCUT2D eigenvalue weighted by molar-refractivity contribution is 5.14. The van der Waals surface area contributed by atoms with Crippen LogP contribution >= 0.6 is 0 Å². The highest BCUT2D eigenvalue weighted by Gasteiger charge is 2.22. The molecule has 1 aliphatic heterocycles. The molecule has 0 aliphatic carbocycles. The number of nitrogens with two attached hydrogens (primary N) is 1. The van der Waals surface area contributed by atoms with Gasteiger partial charge in [0.1, 0.15) is 0 Å². The lowest BCUT2D eigenvalue weighted by Crippen LogP contribution is -2.48. The third-order valence-electron chi connectivity index (χ3n) is 4.39. The zero-order valence-electron chi connectivity index (χ0n) is 13.0. The highest BCUT2D eigenvalue weighted by Crippen LogP contribution is 2.14. The maximum absolute atomic E-state index is 6.31. The molecule has 0 radical (unpaired) electrons. The van der Waals surface area contributed by atoms with Gasteiger partial charge in [0.2, 0.25) is 0 Å². The molecule has 0 saturated carbocycles. The van der Waals surface area contributed by atoms with E-state index in [-0.39, 0.29) is 6.04 Å². The average Bonchev–Trinajstić information content (AvgIpc) is 2.46. The largest absolute Gasteiger partial charge is 0.327 e. The van der Waals surface area contributed by atoms with Crippen LogP contribution in [0.25, 0.3) is 0 Å². The smallest absolute Gasteiger partial charge is 0.0221 e. The van der Waals surface area contributed by atoms with Crippen molar-refractivity contribution in [2.75, 3.05) is 33.7 Å². The summed E-state index contributed by atoms with van der Waals surface area (Å²) >= 11 is 0. The van der Waals surface area contributed by atoms with Crippen molar-refractivity contribution >= 4 is 0 Å². The monoisotopic (exact) mass is 275 g/mol. The van der Waals surface area contributed by atoms with Gasteiger partial charge in [0.25, 0.3) is 0 Å². The predicted octanol–water partition coefficient (Wildman–Crippen LogP) is 1.97. The molecule has 2 atom stereocenters. The maximum atomic E-state index is 6.31. The van der Waals surface area contributed by atoms with E-state index in [0.717, 1.165) is 19.4 Å². The fourth-order valence-electron chi connectivity index (χ4n) is 3.11. The fraction of sp³-hybridized carbons (Fsp3) is 0.647. The molecule has 0 spiro atoms. The first-order chi connectivity index (χ1) is 9.65.